The molecule has 2 aromatic rings. The van der Waals surface area contributed by atoms with Gasteiger partial charge in [-0.2, -0.15) is 5.26 Å². The molecule has 0 spiro atoms. The van der Waals surface area contributed by atoms with Crippen LogP contribution in [0.25, 0.3) is 0 Å². The summed E-state index contributed by atoms with van der Waals surface area (Å²) in [5, 5.41) is 9.12. The van der Waals surface area contributed by atoms with Gasteiger partial charge in [-0.15, -0.1) is 0 Å². The van der Waals surface area contributed by atoms with Gasteiger partial charge >= 0.3 is 0 Å². The Morgan fingerprint density at radius 2 is 1.82 bits per heavy atom. The van der Waals surface area contributed by atoms with Gasteiger partial charge in [-0.3, -0.25) is 0 Å². The van der Waals surface area contributed by atoms with Gasteiger partial charge in [-0.05, 0) is 24.6 Å². The monoisotopic (exact) mass is 297 g/mol. The highest BCUT2D eigenvalue weighted by molar-refractivity contribution is 5.44. The van der Waals surface area contributed by atoms with Crippen LogP contribution >= 0.6 is 0 Å². The van der Waals surface area contributed by atoms with Gasteiger partial charge in [0.15, 0.2) is 0 Å². The maximum atomic E-state index is 9.12. The molecule has 0 heterocycles. The predicted molar refractivity (Wildman–Crippen MR) is 83.9 cm³/mol. The molecule has 0 aromatic heterocycles. The van der Waals surface area contributed by atoms with Crippen LogP contribution in [0.5, 0.6) is 11.5 Å². The number of hydrogen-bond donors (Lipinski definition) is 0. The Balaban J connectivity index is 2.08. The van der Waals surface area contributed by atoms with Crippen LogP contribution < -0.4 is 9.47 Å². The molecule has 0 aliphatic heterocycles. The van der Waals surface area contributed by atoms with Crippen LogP contribution in [-0.2, 0) is 11.3 Å². The molecule has 0 unspecified atom stereocenters. The highest BCUT2D eigenvalue weighted by Gasteiger charge is 2.07. The number of rotatable bonds is 7. The Labute approximate surface area is 130 Å². The second kappa shape index (κ2) is 8.06. The number of nitriles is 1. The van der Waals surface area contributed by atoms with Gasteiger partial charge in [-0.1, -0.05) is 30.3 Å². The number of ether oxygens (including phenoxy) is 3. The lowest BCUT2D eigenvalue weighted by atomic mass is 10.2. The van der Waals surface area contributed by atoms with E-state index in [0.717, 1.165) is 5.56 Å². The molecule has 114 valence electrons. The van der Waals surface area contributed by atoms with Crippen LogP contribution in [0.1, 0.15) is 18.1 Å². The van der Waals surface area contributed by atoms with Crippen molar-refractivity contribution in [3.63, 3.8) is 0 Å². The molecule has 1 atom stereocenters. The van der Waals surface area contributed by atoms with Crippen LogP contribution in [0.15, 0.2) is 48.5 Å². The third-order valence-corrected chi connectivity index (χ3v) is 3.00. The number of benzene rings is 2. The second-order valence-electron chi connectivity index (χ2n) is 4.96. The SMILES string of the molecule is COC[C@H](C)Oc1cc(C#N)cc(OCc2ccccc2)c1. The van der Waals surface area contributed by atoms with Crippen LogP contribution in [0.3, 0.4) is 0 Å². The minimum Gasteiger partial charge on any atom is -0.489 e. The quantitative estimate of drug-likeness (QED) is 0.784. The molecule has 0 aliphatic rings. The van der Waals surface area contributed by atoms with Gasteiger partial charge in [0.2, 0.25) is 0 Å². The third-order valence-electron chi connectivity index (χ3n) is 3.00. The first kappa shape index (κ1) is 15.9. The largest absolute Gasteiger partial charge is 0.489 e. The molecule has 0 aliphatic carbocycles. The first-order chi connectivity index (χ1) is 10.7. The van der Waals surface area contributed by atoms with Crippen molar-refractivity contribution in [2.45, 2.75) is 19.6 Å². The van der Waals surface area contributed by atoms with E-state index in [9.17, 15) is 0 Å². The van der Waals surface area contributed by atoms with Crippen molar-refractivity contribution < 1.29 is 14.2 Å². The molecule has 0 bridgehead atoms. The maximum Gasteiger partial charge on any atom is 0.124 e. The molecule has 0 N–H and O–H groups in total. The zero-order chi connectivity index (χ0) is 15.8. The summed E-state index contributed by atoms with van der Waals surface area (Å²) in [6, 6.07) is 17.2. The van der Waals surface area contributed by atoms with Gasteiger partial charge in [-0.25, -0.2) is 0 Å². The van der Waals surface area contributed by atoms with E-state index >= 15 is 0 Å². The summed E-state index contributed by atoms with van der Waals surface area (Å²) >= 11 is 0. The summed E-state index contributed by atoms with van der Waals surface area (Å²) in [6.45, 7) is 2.84. The number of nitrogens with zero attached hydrogens (tertiary/aromatic N) is 1. The lowest BCUT2D eigenvalue weighted by Gasteiger charge is -2.15. The zero-order valence-electron chi connectivity index (χ0n) is 12.8. The topological polar surface area (TPSA) is 51.5 Å². The van der Waals surface area contributed by atoms with E-state index in [1.54, 1.807) is 25.3 Å². The fourth-order valence-corrected chi connectivity index (χ4v) is 2.03. The first-order valence-corrected chi connectivity index (χ1v) is 7.09. The predicted octanol–water partition coefficient (Wildman–Crippen LogP) is 3.55. The van der Waals surface area contributed by atoms with Crippen molar-refractivity contribution in [1.82, 2.24) is 0 Å². The molecule has 2 aromatic carbocycles. The average molecular weight is 297 g/mol. The van der Waals surface area contributed by atoms with Crippen molar-refractivity contribution in [2.24, 2.45) is 0 Å². The lowest BCUT2D eigenvalue weighted by molar-refractivity contribution is 0.0918. The van der Waals surface area contributed by atoms with E-state index in [1.807, 2.05) is 37.3 Å². The standard InChI is InChI=1S/C18H19NO3/c1-14(12-20-2)22-18-9-16(11-19)8-17(10-18)21-13-15-6-4-3-5-7-15/h3-10,14H,12-13H2,1-2H3/t14-/m0/s1. The zero-order valence-corrected chi connectivity index (χ0v) is 12.8. The van der Waals surface area contributed by atoms with E-state index in [4.69, 9.17) is 19.5 Å². The molecule has 0 saturated heterocycles. The molecule has 0 saturated carbocycles. The van der Waals surface area contributed by atoms with E-state index in [-0.39, 0.29) is 6.10 Å². The average Bonchev–Trinajstić information content (AvgIpc) is 2.54. The fraction of sp³-hybridized carbons (Fsp3) is 0.278. The van der Waals surface area contributed by atoms with E-state index in [0.29, 0.717) is 30.3 Å². The Bertz CT molecular complexity index is 635. The first-order valence-electron chi connectivity index (χ1n) is 7.09. The molecule has 0 amide bonds. The number of hydrogen-bond acceptors (Lipinski definition) is 4. The lowest BCUT2D eigenvalue weighted by Crippen LogP contribution is -2.18. The Hall–Kier alpha value is -2.51. The molecular weight excluding hydrogens is 278 g/mol. The molecule has 2 rings (SSSR count). The Morgan fingerprint density at radius 1 is 1.09 bits per heavy atom. The van der Waals surface area contributed by atoms with Gasteiger partial charge in [0.25, 0.3) is 0 Å². The summed E-state index contributed by atoms with van der Waals surface area (Å²) in [6.07, 6.45) is -0.0964. The summed E-state index contributed by atoms with van der Waals surface area (Å²) in [5.74, 6) is 1.22. The fourth-order valence-electron chi connectivity index (χ4n) is 2.03. The maximum absolute atomic E-state index is 9.12. The van der Waals surface area contributed by atoms with Gasteiger partial charge in [0.1, 0.15) is 24.2 Å². The smallest absolute Gasteiger partial charge is 0.124 e. The summed E-state index contributed by atoms with van der Waals surface area (Å²) in [5.41, 5.74) is 1.57. The van der Waals surface area contributed by atoms with Crippen LogP contribution in [-0.4, -0.2) is 19.8 Å². The van der Waals surface area contributed by atoms with Crippen molar-refractivity contribution in [3.8, 4) is 17.6 Å². The Kier molecular flexibility index (Phi) is 5.81. The summed E-state index contributed by atoms with van der Waals surface area (Å²) in [7, 11) is 1.62. The van der Waals surface area contributed by atoms with Crippen LogP contribution in [0, 0.1) is 11.3 Å². The molecule has 0 fully saturated rings. The van der Waals surface area contributed by atoms with Crippen LogP contribution in [0.4, 0.5) is 0 Å². The molecule has 0 radical (unpaired) electrons. The highest BCUT2D eigenvalue weighted by atomic mass is 16.5. The van der Waals surface area contributed by atoms with Crippen molar-refractivity contribution >= 4 is 0 Å². The van der Waals surface area contributed by atoms with Crippen LogP contribution in [0.2, 0.25) is 0 Å². The Morgan fingerprint density at radius 3 is 2.50 bits per heavy atom. The second-order valence-corrected chi connectivity index (χ2v) is 4.96. The van der Waals surface area contributed by atoms with Gasteiger partial charge in [0.05, 0.1) is 18.2 Å². The van der Waals surface area contributed by atoms with E-state index < -0.39 is 0 Å². The highest BCUT2D eigenvalue weighted by Crippen LogP contribution is 2.24. The molecule has 22 heavy (non-hydrogen) atoms. The molecule has 4 heteroatoms. The minimum atomic E-state index is -0.0964. The summed E-state index contributed by atoms with van der Waals surface area (Å²) in [4.78, 5) is 0. The molecular formula is C18H19NO3. The van der Waals surface area contributed by atoms with Crippen molar-refractivity contribution in [2.75, 3.05) is 13.7 Å². The normalized spacial score (nSPS) is 11.5. The number of methoxy groups -OCH3 is 1. The van der Waals surface area contributed by atoms with E-state index in [1.165, 1.54) is 0 Å². The van der Waals surface area contributed by atoms with E-state index in [2.05, 4.69) is 6.07 Å². The van der Waals surface area contributed by atoms with Crippen molar-refractivity contribution in [1.29, 1.82) is 5.26 Å². The van der Waals surface area contributed by atoms with Gasteiger partial charge < -0.3 is 14.2 Å². The molecule has 4 nitrogen and oxygen atoms in total. The minimum absolute atomic E-state index is 0.0964. The third kappa shape index (κ3) is 4.80. The van der Waals surface area contributed by atoms with Gasteiger partial charge in [0, 0.05) is 13.2 Å². The van der Waals surface area contributed by atoms with Crippen molar-refractivity contribution in [3.05, 3.63) is 59.7 Å². The summed E-state index contributed by atoms with van der Waals surface area (Å²) < 4.78 is 16.5.